The van der Waals surface area contributed by atoms with Gasteiger partial charge in [0.25, 0.3) is 0 Å². The van der Waals surface area contributed by atoms with E-state index < -0.39 is 5.60 Å². The molecule has 94 valence electrons. The summed E-state index contributed by atoms with van der Waals surface area (Å²) in [6.07, 6.45) is 3.52. The van der Waals surface area contributed by atoms with Crippen molar-refractivity contribution in [1.29, 1.82) is 0 Å². The molecule has 0 saturated carbocycles. The standard InChI is InChI=1S/C13H19NO2S/c1-10-8-11(17-9-10)6-5-7-14-12(15)16-13(2,3)4/h5-6,8-9H,7H2,1-4H3,(H,14,15). The second kappa shape index (κ2) is 5.87. The molecule has 0 bridgehead atoms. The highest BCUT2D eigenvalue weighted by Gasteiger charge is 2.14. The minimum atomic E-state index is -0.446. The third-order valence-electron chi connectivity index (χ3n) is 1.80. The SMILES string of the molecule is Cc1csc(C=CCNC(=O)OC(C)(C)C)c1. The molecule has 1 heterocycles. The van der Waals surface area contributed by atoms with Crippen LogP contribution in [0.3, 0.4) is 0 Å². The van der Waals surface area contributed by atoms with Crippen LogP contribution in [0.5, 0.6) is 0 Å². The Labute approximate surface area is 106 Å². The first kappa shape index (κ1) is 13.8. The molecule has 0 aliphatic rings. The van der Waals surface area contributed by atoms with E-state index in [-0.39, 0.29) is 6.09 Å². The Morgan fingerprint density at radius 1 is 1.53 bits per heavy atom. The van der Waals surface area contributed by atoms with Crippen LogP contribution in [-0.2, 0) is 4.74 Å². The number of carbonyl (C=O) groups excluding carboxylic acids is 1. The largest absolute Gasteiger partial charge is 0.444 e. The van der Waals surface area contributed by atoms with Crippen molar-refractivity contribution in [2.45, 2.75) is 33.3 Å². The lowest BCUT2D eigenvalue weighted by molar-refractivity contribution is 0.0534. The number of carbonyl (C=O) groups is 1. The van der Waals surface area contributed by atoms with Gasteiger partial charge in [-0.25, -0.2) is 4.79 Å². The minimum Gasteiger partial charge on any atom is -0.444 e. The zero-order valence-electron chi connectivity index (χ0n) is 10.7. The average molecular weight is 253 g/mol. The van der Waals surface area contributed by atoms with Gasteiger partial charge in [-0.3, -0.25) is 0 Å². The van der Waals surface area contributed by atoms with Gasteiger partial charge < -0.3 is 10.1 Å². The van der Waals surface area contributed by atoms with E-state index in [9.17, 15) is 4.79 Å². The predicted molar refractivity (Wildman–Crippen MR) is 72.3 cm³/mol. The summed E-state index contributed by atoms with van der Waals surface area (Å²) in [6, 6.07) is 2.11. The molecular weight excluding hydrogens is 234 g/mol. The molecule has 0 radical (unpaired) electrons. The Morgan fingerprint density at radius 2 is 2.24 bits per heavy atom. The van der Waals surface area contributed by atoms with Gasteiger partial charge in [0.15, 0.2) is 0 Å². The zero-order valence-corrected chi connectivity index (χ0v) is 11.6. The van der Waals surface area contributed by atoms with Crippen molar-refractivity contribution in [2.75, 3.05) is 6.54 Å². The molecule has 1 aromatic rings. The molecule has 0 aromatic carbocycles. The predicted octanol–water partition coefficient (Wildman–Crippen LogP) is 3.59. The number of hydrogen-bond acceptors (Lipinski definition) is 3. The topological polar surface area (TPSA) is 38.3 Å². The first-order valence-corrected chi connectivity index (χ1v) is 6.43. The Morgan fingerprint density at radius 3 is 2.76 bits per heavy atom. The Balaban J connectivity index is 2.28. The number of thiophene rings is 1. The molecular formula is C13H19NO2S. The minimum absolute atomic E-state index is 0.385. The Hall–Kier alpha value is -1.29. The van der Waals surface area contributed by atoms with Crippen molar-refractivity contribution >= 4 is 23.5 Å². The van der Waals surface area contributed by atoms with Gasteiger partial charge in [-0.1, -0.05) is 6.08 Å². The molecule has 0 saturated heterocycles. The first-order valence-electron chi connectivity index (χ1n) is 5.55. The number of amides is 1. The van der Waals surface area contributed by atoms with Gasteiger partial charge in [-0.05, 0) is 50.8 Å². The van der Waals surface area contributed by atoms with E-state index in [1.165, 1.54) is 10.4 Å². The summed E-state index contributed by atoms with van der Waals surface area (Å²) >= 11 is 1.69. The number of alkyl carbamates (subject to hydrolysis) is 1. The fourth-order valence-electron chi connectivity index (χ4n) is 1.17. The van der Waals surface area contributed by atoms with E-state index >= 15 is 0 Å². The number of aryl methyl sites for hydroxylation is 1. The second-order valence-corrected chi connectivity index (χ2v) is 5.75. The normalized spacial score (nSPS) is 11.8. The molecule has 1 rings (SSSR count). The van der Waals surface area contributed by atoms with Crippen LogP contribution in [-0.4, -0.2) is 18.2 Å². The van der Waals surface area contributed by atoms with Gasteiger partial charge in [-0.2, -0.15) is 0 Å². The van der Waals surface area contributed by atoms with Crippen molar-refractivity contribution in [3.05, 3.63) is 28.0 Å². The smallest absolute Gasteiger partial charge is 0.407 e. The van der Waals surface area contributed by atoms with Crippen molar-refractivity contribution in [3.8, 4) is 0 Å². The van der Waals surface area contributed by atoms with Gasteiger partial charge in [0, 0.05) is 11.4 Å². The molecule has 1 N–H and O–H groups in total. The van der Waals surface area contributed by atoms with Crippen LogP contribution < -0.4 is 5.32 Å². The van der Waals surface area contributed by atoms with Gasteiger partial charge in [0.2, 0.25) is 0 Å². The monoisotopic (exact) mass is 253 g/mol. The van der Waals surface area contributed by atoms with Gasteiger partial charge in [0.05, 0.1) is 0 Å². The Bertz CT molecular complexity index is 402. The quantitative estimate of drug-likeness (QED) is 0.894. The number of rotatable bonds is 3. The van der Waals surface area contributed by atoms with Crippen molar-refractivity contribution in [1.82, 2.24) is 5.32 Å². The van der Waals surface area contributed by atoms with Crippen LogP contribution >= 0.6 is 11.3 Å². The summed E-state index contributed by atoms with van der Waals surface area (Å²) in [4.78, 5) is 12.5. The lowest BCUT2D eigenvalue weighted by Gasteiger charge is -2.19. The van der Waals surface area contributed by atoms with Gasteiger partial charge in [0.1, 0.15) is 5.60 Å². The molecule has 1 aromatic heterocycles. The number of nitrogens with one attached hydrogen (secondary N) is 1. The van der Waals surface area contributed by atoms with Gasteiger partial charge >= 0.3 is 6.09 Å². The summed E-state index contributed by atoms with van der Waals surface area (Å²) in [5.41, 5.74) is 0.813. The van der Waals surface area contributed by atoms with Crippen LogP contribution in [0.15, 0.2) is 17.5 Å². The molecule has 3 nitrogen and oxygen atoms in total. The molecule has 0 spiro atoms. The molecule has 0 atom stereocenters. The summed E-state index contributed by atoms with van der Waals surface area (Å²) in [6.45, 7) is 8.07. The van der Waals surface area contributed by atoms with Crippen LogP contribution in [0.4, 0.5) is 4.79 Å². The molecule has 0 unspecified atom stereocenters. The lowest BCUT2D eigenvalue weighted by Crippen LogP contribution is -2.32. The molecule has 1 amide bonds. The Kier molecular flexibility index (Phi) is 4.75. The van der Waals surface area contributed by atoms with E-state index in [0.29, 0.717) is 6.54 Å². The number of hydrogen-bond donors (Lipinski definition) is 1. The summed E-state index contributed by atoms with van der Waals surface area (Å²) < 4.78 is 5.11. The van der Waals surface area contributed by atoms with Crippen molar-refractivity contribution in [2.24, 2.45) is 0 Å². The fourth-order valence-corrected chi connectivity index (χ4v) is 1.99. The maximum absolute atomic E-state index is 11.3. The molecule has 0 fully saturated rings. The summed E-state index contributed by atoms with van der Waals surface area (Å²) in [5, 5.41) is 4.77. The van der Waals surface area contributed by atoms with Crippen LogP contribution in [0, 0.1) is 6.92 Å². The maximum Gasteiger partial charge on any atom is 0.407 e. The molecule has 0 aliphatic carbocycles. The average Bonchev–Trinajstić information content (AvgIpc) is 2.56. The van der Waals surface area contributed by atoms with E-state index in [1.54, 1.807) is 11.3 Å². The third kappa shape index (κ3) is 6.12. The highest BCUT2D eigenvalue weighted by molar-refractivity contribution is 7.11. The second-order valence-electron chi connectivity index (χ2n) is 4.81. The molecule has 17 heavy (non-hydrogen) atoms. The van der Waals surface area contributed by atoms with Crippen LogP contribution in [0.25, 0.3) is 6.08 Å². The molecule has 0 aliphatic heterocycles. The third-order valence-corrected chi connectivity index (χ3v) is 2.81. The molecule has 4 heteroatoms. The van der Waals surface area contributed by atoms with Crippen molar-refractivity contribution in [3.63, 3.8) is 0 Å². The highest BCUT2D eigenvalue weighted by atomic mass is 32.1. The van der Waals surface area contributed by atoms with E-state index in [4.69, 9.17) is 4.74 Å². The fraction of sp³-hybridized carbons (Fsp3) is 0.462. The zero-order chi connectivity index (χ0) is 12.9. The van der Waals surface area contributed by atoms with E-state index in [2.05, 4.69) is 23.7 Å². The van der Waals surface area contributed by atoms with E-state index in [1.807, 2.05) is 32.9 Å². The van der Waals surface area contributed by atoms with E-state index in [0.717, 1.165) is 0 Å². The maximum atomic E-state index is 11.3. The first-order chi connectivity index (χ1) is 7.87. The van der Waals surface area contributed by atoms with Crippen molar-refractivity contribution < 1.29 is 9.53 Å². The summed E-state index contributed by atoms with van der Waals surface area (Å²) in [7, 11) is 0. The lowest BCUT2D eigenvalue weighted by atomic mass is 10.2. The summed E-state index contributed by atoms with van der Waals surface area (Å²) in [5.74, 6) is 0. The van der Waals surface area contributed by atoms with Gasteiger partial charge in [-0.15, -0.1) is 11.3 Å². The number of ether oxygens (including phenoxy) is 1. The highest BCUT2D eigenvalue weighted by Crippen LogP contribution is 2.14. The van der Waals surface area contributed by atoms with Crippen LogP contribution in [0.1, 0.15) is 31.2 Å². The van der Waals surface area contributed by atoms with Crippen LogP contribution in [0.2, 0.25) is 0 Å².